The molecular formula is C21H19F2NO5. The van der Waals surface area contributed by atoms with E-state index in [0.29, 0.717) is 28.0 Å². The first kappa shape index (κ1) is 20.3. The molecule has 0 amide bonds. The van der Waals surface area contributed by atoms with Crippen LogP contribution in [0.2, 0.25) is 0 Å². The summed E-state index contributed by atoms with van der Waals surface area (Å²) in [7, 11) is 1.51. The lowest BCUT2D eigenvalue weighted by atomic mass is 10.1. The predicted octanol–water partition coefficient (Wildman–Crippen LogP) is 3.46. The van der Waals surface area contributed by atoms with E-state index in [4.69, 9.17) is 14.6 Å². The molecule has 0 radical (unpaired) electrons. The lowest BCUT2D eigenvalue weighted by Gasteiger charge is -2.10. The Bertz CT molecular complexity index is 1090. The van der Waals surface area contributed by atoms with Gasteiger partial charge in [-0.05, 0) is 36.8 Å². The topological polar surface area (TPSA) is 77.8 Å². The van der Waals surface area contributed by atoms with E-state index in [2.05, 4.69) is 0 Å². The highest BCUT2D eigenvalue weighted by atomic mass is 19.1. The molecule has 0 unspecified atom stereocenters. The Morgan fingerprint density at radius 2 is 1.90 bits per heavy atom. The Morgan fingerprint density at radius 3 is 2.55 bits per heavy atom. The van der Waals surface area contributed by atoms with Gasteiger partial charge in [0.05, 0.1) is 20.1 Å². The number of fused-ring (bicyclic) bond motifs is 1. The highest BCUT2D eigenvalue weighted by Crippen LogP contribution is 2.31. The van der Waals surface area contributed by atoms with Crippen molar-refractivity contribution >= 4 is 22.8 Å². The van der Waals surface area contributed by atoms with Crippen molar-refractivity contribution in [2.45, 2.75) is 19.9 Å². The third kappa shape index (κ3) is 4.37. The zero-order valence-corrected chi connectivity index (χ0v) is 15.9. The van der Waals surface area contributed by atoms with Crippen molar-refractivity contribution in [1.82, 2.24) is 4.57 Å². The lowest BCUT2D eigenvalue weighted by molar-refractivity contribution is -0.154. The number of rotatable bonds is 7. The Morgan fingerprint density at radius 1 is 1.14 bits per heavy atom. The van der Waals surface area contributed by atoms with Crippen LogP contribution in [0.3, 0.4) is 0 Å². The van der Waals surface area contributed by atoms with Crippen LogP contribution in [-0.2, 0) is 27.3 Å². The molecule has 0 spiro atoms. The Balaban J connectivity index is 2.04. The van der Waals surface area contributed by atoms with Crippen LogP contribution in [-0.4, -0.2) is 35.3 Å². The molecule has 8 heteroatoms. The van der Waals surface area contributed by atoms with Gasteiger partial charge >= 0.3 is 11.9 Å². The molecule has 1 heterocycles. The minimum Gasteiger partial charge on any atom is -0.497 e. The van der Waals surface area contributed by atoms with Crippen LogP contribution in [0.5, 0.6) is 5.75 Å². The van der Waals surface area contributed by atoms with Gasteiger partial charge in [0.2, 0.25) is 0 Å². The summed E-state index contributed by atoms with van der Waals surface area (Å²) in [5.41, 5.74) is 2.33. The van der Waals surface area contributed by atoms with Crippen LogP contribution in [0.4, 0.5) is 8.78 Å². The number of ether oxygens (including phenoxy) is 2. The van der Waals surface area contributed by atoms with Crippen molar-refractivity contribution in [1.29, 1.82) is 0 Å². The largest absolute Gasteiger partial charge is 0.497 e. The summed E-state index contributed by atoms with van der Waals surface area (Å²) < 4.78 is 39.2. The molecule has 0 aliphatic heterocycles. The van der Waals surface area contributed by atoms with Crippen molar-refractivity contribution in [3.8, 4) is 5.75 Å². The maximum absolute atomic E-state index is 14.2. The highest BCUT2D eigenvalue weighted by Gasteiger charge is 2.19. The SMILES string of the molecule is COc1ccc2c(c1)c(CC(=O)OCC(=O)O)c(C)n2Cc1ccc(F)cc1F. The summed E-state index contributed by atoms with van der Waals surface area (Å²) in [6, 6.07) is 8.66. The Hall–Kier alpha value is -3.42. The zero-order valence-electron chi connectivity index (χ0n) is 15.9. The maximum atomic E-state index is 14.2. The van der Waals surface area contributed by atoms with Crippen LogP contribution < -0.4 is 4.74 Å². The first-order valence-corrected chi connectivity index (χ1v) is 8.77. The number of esters is 1. The smallest absolute Gasteiger partial charge is 0.341 e. The number of nitrogens with zero attached hydrogens (tertiary/aromatic N) is 1. The van der Waals surface area contributed by atoms with Crippen LogP contribution in [0, 0.1) is 18.6 Å². The van der Waals surface area contributed by atoms with E-state index in [9.17, 15) is 18.4 Å². The molecule has 0 saturated carbocycles. The monoisotopic (exact) mass is 403 g/mol. The fourth-order valence-corrected chi connectivity index (χ4v) is 3.24. The third-order valence-electron chi connectivity index (χ3n) is 4.68. The number of aromatic nitrogens is 1. The molecule has 2 aromatic carbocycles. The van der Waals surface area contributed by atoms with E-state index in [-0.39, 0.29) is 13.0 Å². The molecule has 0 aliphatic carbocycles. The third-order valence-corrected chi connectivity index (χ3v) is 4.68. The quantitative estimate of drug-likeness (QED) is 0.612. The van der Waals surface area contributed by atoms with Crippen LogP contribution in [0.25, 0.3) is 10.9 Å². The number of halogens is 2. The number of carboxylic acid groups (broad SMARTS) is 1. The number of aliphatic carboxylic acids is 1. The second-order valence-electron chi connectivity index (χ2n) is 6.50. The second-order valence-corrected chi connectivity index (χ2v) is 6.50. The van der Waals surface area contributed by atoms with Gasteiger partial charge in [0, 0.05) is 28.2 Å². The van der Waals surface area contributed by atoms with E-state index < -0.39 is 30.2 Å². The number of hydrogen-bond donors (Lipinski definition) is 1. The number of hydrogen-bond acceptors (Lipinski definition) is 4. The van der Waals surface area contributed by atoms with Gasteiger partial charge in [-0.1, -0.05) is 6.07 Å². The molecule has 1 N–H and O–H groups in total. The lowest BCUT2D eigenvalue weighted by Crippen LogP contribution is -2.15. The molecule has 0 atom stereocenters. The number of carboxylic acids is 1. The van der Waals surface area contributed by atoms with Gasteiger partial charge in [-0.15, -0.1) is 0 Å². The molecular weight excluding hydrogens is 384 g/mol. The molecule has 29 heavy (non-hydrogen) atoms. The average molecular weight is 403 g/mol. The van der Waals surface area contributed by atoms with E-state index in [1.807, 2.05) is 4.57 Å². The molecule has 1 aromatic heterocycles. The second kappa shape index (κ2) is 8.30. The Labute approximate surface area is 165 Å². The number of benzene rings is 2. The molecule has 0 saturated heterocycles. The van der Waals surface area contributed by atoms with Crippen molar-refractivity contribution < 1.29 is 33.0 Å². The van der Waals surface area contributed by atoms with E-state index >= 15 is 0 Å². The van der Waals surface area contributed by atoms with Crippen LogP contribution >= 0.6 is 0 Å². The van der Waals surface area contributed by atoms with Crippen molar-refractivity contribution in [3.05, 3.63) is 64.9 Å². The van der Waals surface area contributed by atoms with Crippen molar-refractivity contribution in [3.63, 3.8) is 0 Å². The van der Waals surface area contributed by atoms with E-state index in [0.717, 1.165) is 11.6 Å². The molecule has 0 fully saturated rings. The number of carbonyl (C=O) groups is 2. The molecule has 3 rings (SSSR count). The van der Waals surface area contributed by atoms with E-state index in [1.54, 1.807) is 25.1 Å². The van der Waals surface area contributed by atoms with Crippen LogP contribution in [0.1, 0.15) is 16.8 Å². The van der Waals surface area contributed by atoms with Gasteiger partial charge in [-0.25, -0.2) is 13.6 Å². The molecule has 6 nitrogen and oxygen atoms in total. The molecule has 0 aliphatic rings. The van der Waals surface area contributed by atoms with Gasteiger partial charge in [0.25, 0.3) is 0 Å². The fourth-order valence-electron chi connectivity index (χ4n) is 3.24. The first-order valence-electron chi connectivity index (χ1n) is 8.77. The zero-order chi connectivity index (χ0) is 21.1. The van der Waals surface area contributed by atoms with Gasteiger partial charge in [-0.2, -0.15) is 0 Å². The van der Waals surface area contributed by atoms with Gasteiger partial charge < -0.3 is 19.1 Å². The average Bonchev–Trinajstić information content (AvgIpc) is 2.93. The highest BCUT2D eigenvalue weighted by molar-refractivity contribution is 5.90. The molecule has 0 bridgehead atoms. The van der Waals surface area contributed by atoms with Gasteiger partial charge in [0.1, 0.15) is 17.4 Å². The normalized spacial score (nSPS) is 10.9. The summed E-state index contributed by atoms with van der Waals surface area (Å²) in [5.74, 6) is -2.69. The van der Waals surface area contributed by atoms with Gasteiger partial charge in [0.15, 0.2) is 6.61 Å². The standard InChI is InChI=1S/C21H19F2NO5/c1-12-16(9-21(27)29-11-20(25)26)17-8-15(28-2)5-6-19(17)24(12)10-13-3-4-14(22)7-18(13)23/h3-8H,9-11H2,1-2H3,(H,25,26). The summed E-state index contributed by atoms with van der Waals surface area (Å²) in [5, 5.41) is 9.38. The minimum absolute atomic E-state index is 0.130. The van der Waals surface area contributed by atoms with Crippen molar-refractivity contribution in [2.24, 2.45) is 0 Å². The maximum Gasteiger partial charge on any atom is 0.341 e. The summed E-state index contributed by atoms with van der Waals surface area (Å²) in [6.07, 6.45) is -0.151. The van der Waals surface area contributed by atoms with Gasteiger partial charge in [-0.3, -0.25) is 4.79 Å². The minimum atomic E-state index is -1.24. The van der Waals surface area contributed by atoms with E-state index in [1.165, 1.54) is 19.2 Å². The van der Waals surface area contributed by atoms with Crippen molar-refractivity contribution in [2.75, 3.05) is 13.7 Å². The number of carbonyl (C=O) groups excluding carboxylic acids is 1. The first-order chi connectivity index (χ1) is 13.8. The molecule has 152 valence electrons. The number of methoxy groups -OCH3 is 1. The summed E-state index contributed by atoms with van der Waals surface area (Å²) in [4.78, 5) is 22.7. The van der Waals surface area contributed by atoms with Crippen LogP contribution in [0.15, 0.2) is 36.4 Å². The molecule has 3 aromatic rings. The summed E-state index contributed by atoms with van der Waals surface area (Å²) >= 11 is 0. The Kier molecular flexibility index (Phi) is 5.81. The fraction of sp³-hybridized carbons (Fsp3) is 0.238. The summed E-state index contributed by atoms with van der Waals surface area (Å²) in [6.45, 7) is 1.18. The predicted molar refractivity (Wildman–Crippen MR) is 101 cm³/mol.